The molecule has 1 atom stereocenters. The van der Waals surface area contributed by atoms with Crippen LogP contribution in [0.15, 0.2) is 70.9 Å². The van der Waals surface area contributed by atoms with E-state index in [0.29, 0.717) is 40.1 Å². The first-order valence-corrected chi connectivity index (χ1v) is 11.3. The Morgan fingerprint density at radius 1 is 1.12 bits per heavy atom. The van der Waals surface area contributed by atoms with Gasteiger partial charge in [-0.15, -0.1) is 0 Å². The van der Waals surface area contributed by atoms with Crippen molar-refractivity contribution in [3.05, 3.63) is 71.4 Å². The minimum atomic E-state index is -0.642. The van der Waals surface area contributed by atoms with Crippen molar-refractivity contribution in [1.29, 1.82) is 0 Å². The quantitative estimate of drug-likeness (QED) is 0.460. The predicted octanol–water partition coefficient (Wildman–Crippen LogP) is 4.32. The first-order chi connectivity index (χ1) is 15.6. The number of rotatable bonds is 7. The van der Waals surface area contributed by atoms with Crippen LogP contribution >= 0.6 is 11.8 Å². The van der Waals surface area contributed by atoms with Crippen LogP contribution in [0.1, 0.15) is 24.9 Å². The normalized spacial score (nSPS) is 18.2. The number of fused-ring (bicyclic) bond motifs is 1. The molecule has 1 saturated heterocycles. The lowest BCUT2D eigenvalue weighted by atomic mass is 9.94. The lowest BCUT2D eigenvalue weighted by molar-refractivity contribution is -0.141. The van der Waals surface area contributed by atoms with Gasteiger partial charge in [-0.05, 0) is 36.8 Å². The van der Waals surface area contributed by atoms with Crippen LogP contribution in [0.2, 0.25) is 0 Å². The van der Waals surface area contributed by atoms with Gasteiger partial charge in [0.15, 0.2) is 5.17 Å². The summed E-state index contributed by atoms with van der Waals surface area (Å²) in [5, 5.41) is 0.603. The molecule has 32 heavy (non-hydrogen) atoms. The largest absolute Gasteiger partial charge is 0.460 e. The fraction of sp³-hybridized carbons (Fsp3) is 0.292. The fourth-order valence-corrected chi connectivity index (χ4v) is 4.65. The summed E-state index contributed by atoms with van der Waals surface area (Å²) in [6, 6.07) is 16.2. The molecule has 8 heteroatoms. The molecule has 2 aromatic rings. The van der Waals surface area contributed by atoms with Gasteiger partial charge in [-0.25, -0.2) is 9.79 Å². The molecule has 0 N–H and O–H groups in total. The number of amidine groups is 1. The molecular formula is C24H24N2O5S. The molecule has 0 radical (unpaired) electrons. The fourth-order valence-electron chi connectivity index (χ4n) is 3.64. The maximum atomic E-state index is 13.0. The van der Waals surface area contributed by atoms with Crippen LogP contribution in [0.5, 0.6) is 11.5 Å². The lowest BCUT2D eigenvalue weighted by Gasteiger charge is -2.39. The molecule has 2 aromatic carbocycles. The number of benzene rings is 2. The first kappa shape index (κ1) is 22.1. The Balaban J connectivity index is 1.72. The zero-order valence-electron chi connectivity index (χ0n) is 17.9. The Bertz CT molecular complexity index is 1070. The van der Waals surface area contributed by atoms with Crippen molar-refractivity contribution in [2.75, 3.05) is 26.1 Å². The maximum Gasteiger partial charge on any atom is 0.338 e. The van der Waals surface area contributed by atoms with Crippen molar-refractivity contribution in [3.63, 3.8) is 0 Å². The molecule has 0 aromatic heterocycles. The van der Waals surface area contributed by atoms with E-state index in [9.17, 15) is 9.59 Å². The van der Waals surface area contributed by atoms with E-state index in [1.54, 1.807) is 18.9 Å². The van der Waals surface area contributed by atoms with Crippen LogP contribution in [-0.4, -0.2) is 48.0 Å². The van der Waals surface area contributed by atoms with Gasteiger partial charge in [0.25, 0.3) is 0 Å². The summed E-state index contributed by atoms with van der Waals surface area (Å²) in [4.78, 5) is 32.1. The van der Waals surface area contributed by atoms with Gasteiger partial charge in [0.1, 0.15) is 18.1 Å². The van der Waals surface area contributed by atoms with Crippen LogP contribution < -0.4 is 4.74 Å². The number of amides is 1. The number of ether oxygens (including phenoxy) is 3. The highest BCUT2D eigenvalue weighted by molar-refractivity contribution is 8.14. The highest BCUT2D eigenvalue weighted by Crippen LogP contribution is 2.41. The summed E-state index contributed by atoms with van der Waals surface area (Å²) in [5.74, 6) is 1.39. The van der Waals surface area contributed by atoms with Gasteiger partial charge in [-0.1, -0.05) is 42.1 Å². The molecule has 166 valence electrons. The third-order valence-electron chi connectivity index (χ3n) is 5.10. The molecule has 1 fully saturated rings. The molecule has 0 spiro atoms. The summed E-state index contributed by atoms with van der Waals surface area (Å²) >= 11 is 1.51. The van der Waals surface area contributed by atoms with Crippen molar-refractivity contribution in [2.24, 2.45) is 4.99 Å². The van der Waals surface area contributed by atoms with E-state index >= 15 is 0 Å². The zero-order chi connectivity index (χ0) is 22.5. The van der Waals surface area contributed by atoms with Crippen molar-refractivity contribution in [3.8, 4) is 11.5 Å². The minimum absolute atomic E-state index is 0.0726. The molecule has 2 aliphatic heterocycles. The third kappa shape index (κ3) is 4.71. The molecule has 0 bridgehead atoms. The number of esters is 1. The molecule has 2 aliphatic rings. The highest BCUT2D eigenvalue weighted by atomic mass is 32.2. The van der Waals surface area contributed by atoms with Crippen molar-refractivity contribution in [1.82, 2.24) is 4.90 Å². The standard InChI is InChI=1S/C24H24N2O5S/c1-16-21(23(28)30-13-12-29-2)22(26-20(27)11-14-32-24(26)25-16)17-7-6-10-19(15-17)31-18-8-4-3-5-9-18/h3-10,15,22H,11-14H2,1-2H3/t22-/m0/s1. The van der Waals surface area contributed by atoms with E-state index in [4.69, 9.17) is 14.2 Å². The number of methoxy groups -OCH3 is 1. The van der Waals surface area contributed by atoms with Gasteiger partial charge >= 0.3 is 5.97 Å². The van der Waals surface area contributed by atoms with Crippen molar-refractivity contribution in [2.45, 2.75) is 19.4 Å². The molecular weight excluding hydrogens is 428 g/mol. The monoisotopic (exact) mass is 452 g/mol. The third-order valence-corrected chi connectivity index (χ3v) is 6.05. The second kappa shape index (κ2) is 10.0. The number of hydrogen-bond donors (Lipinski definition) is 0. The van der Waals surface area contributed by atoms with Crippen LogP contribution in [0.4, 0.5) is 0 Å². The van der Waals surface area contributed by atoms with E-state index in [-0.39, 0.29) is 19.1 Å². The van der Waals surface area contributed by atoms with E-state index in [1.807, 2.05) is 54.6 Å². The number of aliphatic imine (C=N–C) groups is 1. The lowest BCUT2D eigenvalue weighted by Crippen LogP contribution is -2.45. The van der Waals surface area contributed by atoms with Crippen LogP contribution in [0.3, 0.4) is 0 Å². The summed E-state index contributed by atoms with van der Waals surface area (Å²) in [6.07, 6.45) is 0.380. The summed E-state index contributed by atoms with van der Waals surface area (Å²) in [5.41, 5.74) is 1.64. The molecule has 2 heterocycles. The van der Waals surface area contributed by atoms with E-state index < -0.39 is 12.0 Å². The van der Waals surface area contributed by atoms with E-state index in [0.717, 1.165) is 5.56 Å². The molecule has 4 rings (SSSR count). The number of para-hydroxylation sites is 1. The number of allylic oxidation sites excluding steroid dienone is 1. The molecule has 0 aliphatic carbocycles. The molecule has 1 amide bonds. The Labute approximate surface area is 191 Å². The molecule has 0 unspecified atom stereocenters. The Kier molecular flexibility index (Phi) is 6.92. The van der Waals surface area contributed by atoms with E-state index in [1.165, 1.54) is 11.8 Å². The maximum absolute atomic E-state index is 13.0. The van der Waals surface area contributed by atoms with Crippen molar-refractivity contribution < 1.29 is 23.8 Å². The Morgan fingerprint density at radius 3 is 2.69 bits per heavy atom. The average Bonchev–Trinajstić information content (AvgIpc) is 2.79. The van der Waals surface area contributed by atoms with Crippen LogP contribution in [-0.2, 0) is 19.1 Å². The van der Waals surface area contributed by atoms with Crippen LogP contribution in [0, 0.1) is 0 Å². The first-order valence-electron chi connectivity index (χ1n) is 10.3. The average molecular weight is 453 g/mol. The van der Waals surface area contributed by atoms with Gasteiger partial charge in [0.2, 0.25) is 5.91 Å². The Morgan fingerprint density at radius 2 is 1.91 bits per heavy atom. The second-order valence-electron chi connectivity index (χ2n) is 7.27. The number of carbonyl (C=O) groups is 2. The second-order valence-corrected chi connectivity index (χ2v) is 8.34. The smallest absolute Gasteiger partial charge is 0.338 e. The topological polar surface area (TPSA) is 77.4 Å². The number of nitrogens with zero attached hydrogens (tertiary/aromatic N) is 2. The van der Waals surface area contributed by atoms with Crippen molar-refractivity contribution >= 4 is 28.8 Å². The highest BCUT2D eigenvalue weighted by Gasteiger charge is 2.41. The molecule has 7 nitrogen and oxygen atoms in total. The predicted molar refractivity (Wildman–Crippen MR) is 123 cm³/mol. The summed E-state index contributed by atoms with van der Waals surface area (Å²) < 4.78 is 16.4. The number of carbonyl (C=O) groups excluding carboxylic acids is 2. The van der Waals surface area contributed by atoms with Gasteiger partial charge in [0, 0.05) is 19.3 Å². The number of hydrogen-bond acceptors (Lipinski definition) is 7. The minimum Gasteiger partial charge on any atom is -0.460 e. The van der Waals surface area contributed by atoms with Gasteiger partial charge < -0.3 is 14.2 Å². The Hall–Kier alpha value is -3.10. The SMILES string of the molecule is COCCOC(=O)C1=C(C)N=C2SCCC(=O)N2[C@H]1c1cccc(Oc2ccccc2)c1. The van der Waals surface area contributed by atoms with Crippen LogP contribution in [0.25, 0.3) is 0 Å². The molecule has 0 saturated carbocycles. The van der Waals surface area contributed by atoms with E-state index in [2.05, 4.69) is 4.99 Å². The van der Waals surface area contributed by atoms with Gasteiger partial charge in [-0.2, -0.15) is 0 Å². The summed E-state index contributed by atoms with van der Waals surface area (Å²) in [7, 11) is 1.54. The summed E-state index contributed by atoms with van der Waals surface area (Å²) in [6.45, 7) is 2.18. The zero-order valence-corrected chi connectivity index (χ0v) is 18.8. The number of thioether (sulfide) groups is 1. The van der Waals surface area contributed by atoms with Gasteiger partial charge in [0.05, 0.1) is 23.9 Å². The van der Waals surface area contributed by atoms with Gasteiger partial charge in [-0.3, -0.25) is 9.69 Å².